The van der Waals surface area contributed by atoms with Gasteiger partial charge in [-0.2, -0.15) is 26.3 Å². The topological polar surface area (TPSA) is 52.6 Å². The number of para-hydroxylation sites is 1. The Morgan fingerprint density at radius 1 is 1.05 bits per heavy atom. The zero-order valence-corrected chi connectivity index (χ0v) is 21.2. The minimum Gasteiger partial charge on any atom is -0.325 e. The first-order chi connectivity index (χ1) is 17.5. The number of carbonyl (C=O) groups excluding carboxylic acids is 2. The summed E-state index contributed by atoms with van der Waals surface area (Å²) in [5.41, 5.74) is -3.45. The lowest BCUT2D eigenvalue weighted by atomic mass is 9.77. The Labute approximate surface area is 215 Å². The van der Waals surface area contributed by atoms with E-state index in [0.29, 0.717) is 17.8 Å². The molecule has 38 heavy (non-hydrogen) atoms. The highest BCUT2D eigenvalue weighted by atomic mass is 19.4. The van der Waals surface area contributed by atoms with Crippen LogP contribution >= 0.6 is 0 Å². The van der Waals surface area contributed by atoms with Crippen molar-refractivity contribution in [2.24, 2.45) is 11.3 Å². The molecule has 0 saturated carbocycles. The lowest BCUT2D eigenvalue weighted by Gasteiger charge is -2.34. The van der Waals surface area contributed by atoms with Gasteiger partial charge in [0.25, 0.3) is 0 Å². The summed E-state index contributed by atoms with van der Waals surface area (Å²) in [5.74, 6) is -2.40. The molecule has 208 valence electrons. The van der Waals surface area contributed by atoms with Gasteiger partial charge in [0.05, 0.1) is 22.5 Å². The lowest BCUT2D eigenvalue weighted by Crippen LogP contribution is -2.50. The van der Waals surface area contributed by atoms with Gasteiger partial charge in [-0.05, 0) is 50.2 Å². The first-order valence-corrected chi connectivity index (χ1v) is 11.7. The van der Waals surface area contributed by atoms with E-state index in [1.807, 2.05) is 0 Å². The van der Waals surface area contributed by atoms with Gasteiger partial charge in [0.2, 0.25) is 11.8 Å². The Hall–Kier alpha value is -3.15. The van der Waals surface area contributed by atoms with E-state index < -0.39 is 59.0 Å². The highest BCUT2D eigenvalue weighted by molar-refractivity contribution is 6.08. The average molecular weight is 548 g/mol. The summed E-state index contributed by atoms with van der Waals surface area (Å²) < 4.78 is 93.3. The predicted molar refractivity (Wildman–Crippen MR) is 128 cm³/mol. The summed E-state index contributed by atoms with van der Waals surface area (Å²) >= 11 is 0. The number of nitrogens with one attached hydrogen (secondary N) is 1. The summed E-state index contributed by atoms with van der Waals surface area (Å²) in [7, 11) is 1.51. The van der Waals surface area contributed by atoms with E-state index in [1.54, 1.807) is 32.0 Å². The molecule has 5 nitrogen and oxygen atoms in total. The number of hydrogen-bond acceptors (Lipinski definition) is 3. The van der Waals surface area contributed by atoms with Crippen molar-refractivity contribution in [1.82, 2.24) is 4.90 Å². The number of aryl methyl sites for hydroxylation is 2. The highest BCUT2D eigenvalue weighted by Crippen LogP contribution is 2.43. The van der Waals surface area contributed by atoms with E-state index in [9.17, 15) is 40.3 Å². The van der Waals surface area contributed by atoms with Crippen molar-refractivity contribution in [3.05, 3.63) is 58.7 Å². The molecule has 0 aromatic heterocycles. The minimum atomic E-state index is -5.10. The van der Waals surface area contributed by atoms with Crippen LogP contribution in [0.1, 0.15) is 29.2 Å². The number of anilines is 2. The third-order valence-electron chi connectivity index (χ3n) is 6.93. The molecule has 1 N–H and O–H groups in total. The standard InChI is InChI=1S/C26H28F7N3O2/c1-15-6-5-7-16(2)21(15)36-14-24(17(3)22(36)37,13-35(4)9-8-27)23(38)34-20-11-18(25(28,29)30)10-19(12-20)26(31,32)33/h5-7,10-12,17H,8-9,13-14H2,1-4H3,(H,34,38)/t17-,24-/m1/s1. The number of benzene rings is 2. The first kappa shape index (κ1) is 29.4. The maximum absolute atomic E-state index is 13.7. The van der Waals surface area contributed by atoms with Crippen LogP contribution in [0.25, 0.3) is 0 Å². The predicted octanol–water partition coefficient (Wildman–Crippen LogP) is 5.85. The molecule has 1 heterocycles. The maximum atomic E-state index is 13.7. The van der Waals surface area contributed by atoms with E-state index in [1.165, 1.54) is 23.8 Å². The average Bonchev–Trinajstić information content (AvgIpc) is 3.04. The molecule has 3 rings (SSSR count). The van der Waals surface area contributed by atoms with E-state index in [4.69, 9.17) is 0 Å². The quantitative estimate of drug-likeness (QED) is 0.443. The zero-order chi connectivity index (χ0) is 28.6. The fraction of sp³-hybridized carbons (Fsp3) is 0.462. The molecule has 1 fully saturated rings. The van der Waals surface area contributed by atoms with Crippen LogP contribution in [0.3, 0.4) is 0 Å². The molecule has 1 aliphatic heterocycles. The molecule has 2 aromatic carbocycles. The van der Waals surface area contributed by atoms with Crippen LogP contribution in [0.2, 0.25) is 0 Å². The molecule has 1 aliphatic rings. The van der Waals surface area contributed by atoms with Gasteiger partial charge in [0, 0.05) is 31.0 Å². The van der Waals surface area contributed by atoms with Gasteiger partial charge in [-0.25, -0.2) is 4.39 Å². The van der Waals surface area contributed by atoms with Crippen molar-refractivity contribution in [3.63, 3.8) is 0 Å². The molecule has 2 aromatic rings. The fourth-order valence-electron chi connectivity index (χ4n) is 4.90. The molecule has 0 aliphatic carbocycles. The van der Waals surface area contributed by atoms with E-state index in [-0.39, 0.29) is 25.7 Å². The summed E-state index contributed by atoms with van der Waals surface area (Å²) in [6.07, 6.45) is -10.2. The second-order valence-corrected chi connectivity index (χ2v) is 9.72. The van der Waals surface area contributed by atoms with Crippen molar-refractivity contribution in [2.75, 3.05) is 43.6 Å². The van der Waals surface area contributed by atoms with Crippen LogP contribution < -0.4 is 10.2 Å². The number of hydrogen-bond donors (Lipinski definition) is 1. The Balaban J connectivity index is 2.09. The van der Waals surface area contributed by atoms with Crippen LogP contribution in [-0.2, 0) is 21.9 Å². The zero-order valence-electron chi connectivity index (χ0n) is 21.2. The highest BCUT2D eigenvalue weighted by Gasteiger charge is 2.56. The molecular formula is C26H28F7N3O2. The molecule has 2 amide bonds. The van der Waals surface area contributed by atoms with Crippen molar-refractivity contribution in [1.29, 1.82) is 0 Å². The summed E-state index contributed by atoms with van der Waals surface area (Å²) in [6.45, 7) is 3.80. The maximum Gasteiger partial charge on any atom is 0.416 e. The van der Waals surface area contributed by atoms with Crippen molar-refractivity contribution in [3.8, 4) is 0 Å². The molecule has 0 spiro atoms. The second-order valence-electron chi connectivity index (χ2n) is 9.72. The van der Waals surface area contributed by atoms with E-state index >= 15 is 0 Å². The van der Waals surface area contributed by atoms with Crippen LogP contribution in [0.5, 0.6) is 0 Å². The molecule has 0 radical (unpaired) electrons. The third kappa shape index (κ3) is 5.79. The normalized spacial score (nSPS) is 20.4. The van der Waals surface area contributed by atoms with Crippen molar-refractivity contribution < 1.29 is 40.3 Å². The summed E-state index contributed by atoms with van der Waals surface area (Å²) in [5, 5.41) is 2.21. The van der Waals surface area contributed by atoms with Gasteiger partial charge in [-0.1, -0.05) is 25.1 Å². The molecule has 2 atom stereocenters. The largest absolute Gasteiger partial charge is 0.416 e. The fourth-order valence-corrected chi connectivity index (χ4v) is 4.90. The van der Waals surface area contributed by atoms with Crippen molar-refractivity contribution in [2.45, 2.75) is 33.1 Å². The van der Waals surface area contributed by atoms with Crippen LogP contribution in [0.4, 0.5) is 42.1 Å². The monoisotopic (exact) mass is 547 g/mol. The molecule has 1 saturated heterocycles. The Kier molecular flexibility index (Phi) is 8.16. The van der Waals surface area contributed by atoms with Gasteiger partial charge < -0.3 is 15.1 Å². The van der Waals surface area contributed by atoms with Crippen LogP contribution in [0, 0.1) is 25.2 Å². The minimum absolute atomic E-state index is 0.0368. The molecule has 0 bridgehead atoms. The van der Waals surface area contributed by atoms with Gasteiger partial charge in [0.15, 0.2) is 0 Å². The number of rotatable bonds is 7. The summed E-state index contributed by atoms with van der Waals surface area (Å²) in [4.78, 5) is 30.0. The SMILES string of the molecule is Cc1cccc(C)c1N1C[C@@](CN(C)CCF)(C(=O)Nc2cc(C(F)(F)F)cc(C(F)(F)F)c2)[C@H](C)C1=O. The Morgan fingerprint density at radius 2 is 1.58 bits per heavy atom. The van der Waals surface area contributed by atoms with E-state index in [0.717, 1.165) is 11.1 Å². The van der Waals surface area contributed by atoms with Gasteiger partial charge in [-0.3, -0.25) is 9.59 Å². The van der Waals surface area contributed by atoms with Gasteiger partial charge >= 0.3 is 12.4 Å². The van der Waals surface area contributed by atoms with Crippen LogP contribution in [0.15, 0.2) is 36.4 Å². The van der Waals surface area contributed by atoms with E-state index in [2.05, 4.69) is 5.32 Å². The van der Waals surface area contributed by atoms with Gasteiger partial charge in [0.1, 0.15) is 6.67 Å². The molecule has 0 unspecified atom stereocenters. The number of carbonyl (C=O) groups is 2. The smallest absolute Gasteiger partial charge is 0.325 e. The first-order valence-electron chi connectivity index (χ1n) is 11.7. The molecular weight excluding hydrogens is 519 g/mol. The third-order valence-corrected chi connectivity index (χ3v) is 6.93. The van der Waals surface area contributed by atoms with Crippen LogP contribution in [-0.4, -0.2) is 50.1 Å². The number of amides is 2. The Bertz CT molecular complexity index is 1160. The number of nitrogens with zero attached hydrogens (tertiary/aromatic N) is 2. The summed E-state index contributed by atoms with van der Waals surface area (Å²) in [6, 6.07) is 6.13. The Morgan fingerprint density at radius 3 is 2.05 bits per heavy atom. The number of alkyl halides is 7. The van der Waals surface area contributed by atoms with Gasteiger partial charge in [-0.15, -0.1) is 0 Å². The van der Waals surface area contributed by atoms with Crippen molar-refractivity contribution >= 4 is 23.2 Å². The second kappa shape index (κ2) is 10.5. The molecule has 12 heteroatoms. The number of halogens is 7. The lowest BCUT2D eigenvalue weighted by molar-refractivity contribution is -0.143.